The third-order valence-electron chi connectivity index (χ3n) is 7.07. The van der Waals surface area contributed by atoms with Crippen molar-refractivity contribution in [1.82, 2.24) is 35.4 Å². The molecule has 0 bridgehead atoms. The molecule has 4 N–H and O–H groups in total. The van der Waals surface area contributed by atoms with Gasteiger partial charge in [0.2, 0.25) is 0 Å². The fourth-order valence-corrected chi connectivity index (χ4v) is 5.61. The summed E-state index contributed by atoms with van der Waals surface area (Å²) in [5, 5.41) is 17.8. The number of carbonyl (C=O) groups excluding carboxylic acids is 3. The molecule has 0 radical (unpaired) electrons. The van der Waals surface area contributed by atoms with Gasteiger partial charge in [0.25, 0.3) is 11.8 Å². The Labute approximate surface area is 223 Å². The third kappa shape index (κ3) is 5.14. The predicted octanol–water partition coefficient (Wildman–Crippen LogP) is 2.82. The summed E-state index contributed by atoms with van der Waals surface area (Å²) in [5.74, 6) is 0.221. The summed E-state index contributed by atoms with van der Waals surface area (Å²) in [5.41, 5.74) is 2.81. The summed E-state index contributed by atoms with van der Waals surface area (Å²) in [7, 11) is 0. The normalized spacial score (nSPS) is 19.7. The van der Waals surface area contributed by atoms with Gasteiger partial charge in [-0.1, -0.05) is 6.92 Å². The molecule has 2 saturated heterocycles. The van der Waals surface area contributed by atoms with Crippen molar-refractivity contribution < 1.29 is 14.4 Å². The monoisotopic (exact) mass is 534 g/mol. The Bertz CT molecular complexity index is 1430. The second-order valence-electron chi connectivity index (χ2n) is 10.0. The van der Waals surface area contributed by atoms with Gasteiger partial charge >= 0.3 is 6.03 Å². The standard InChI is InChI=1S/C26H30N8O3S/c1-2-17(13-33-7-3-4-8-33)29-25(36)21-10-16(14-38-21)19-11-22(28-18-5-6-18)34-23(30-19)15(12-27-34)9-20-24(35)32-26(37)31-20/h9-12,14,17-18,28H,2-8,13H2,1H3,(H,29,36)(H2,31,32,35,37)/b20-9-. The highest BCUT2D eigenvalue weighted by Crippen LogP contribution is 2.31. The summed E-state index contributed by atoms with van der Waals surface area (Å²) in [6.07, 6.45) is 8.69. The molecule has 1 aliphatic carbocycles. The molecule has 6 rings (SSSR count). The van der Waals surface area contributed by atoms with Crippen LogP contribution >= 0.6 is 11.3 Å². The number of thiophene rings is 1. The number of likely N-dealkylation sites (tertiary alicyclic amines) is 1. The fraction of sp³-hybridized carbons (Fsp3) is 0.423. The largest absolute Gasteiger partial charge is 0.367 e. The van der Waals surface area contributed by atoms with Gasteiger partial charge in [0, 0.05) is 41.2 Å². The zero-order valence-electron chi connectivity index (χ0n) is 21.1. The molecular weight excluding hydrogens is 504 g/mol. The minimum atomic E-state index is -0.558. The van der Waals surface area contributed by atoms with Crippen LogP contribution in [0.2, 0.25) is 0 Å². The van der Waals surface area contributed by atoms with E-state index < -0.39 is 11.9 Å². The highest BCUT2D eigenvalue weighted by atomic mass is 32.1. The van der Waals surface area contributed by atoms with Crippen molar-refractivity contribution in [3.05, 3.63) is 39.8 Å². The van der Waals surface area contributed by atoms with Crippen LogP contribution in [0.4, 0.5) is 10.6 Å². The predicted molar refractivity (Wildman–Crippen MR) is 145 cm³/mol. The quantitative estimate of drug-likeness (QED) is 0.245. The van der Waals surface area contributed by atoms with Crippen LogP contribution < -0.4 is 21.3 Å². The molecule has 198 valence electrons. The number of rotatable bonds is 9. The Morgan fingerprint density at radius 3 is 2.76 bits per heavy atom. The van der Waals surface area contributed by atoms with Gasteiger partial charge in [-0.25, -0.2) is 9.78 Å². The number of aromatic nitrogens is 3. The van der Waals surface area contributed by atoms with Gasteiger partial charge in [0.15, 0.2) is 5.65 Å². The molecule has 11 nitrogen and oxygen atoms in total. The molecule has 38 heavy (non-hydrogen) atoms. The van der Waals surface area contributed by atoms with Crippen LogP contribution in [0.1, 0.15) is 54.3 Å². The minimum absolute atomic E-state index is 0.0672. The molecule has 4 amide bonds. The van der Waals surface area contributed by atoms with E-state index in [0.717, 1.165) is 50.3 Å². The van der Waals surface area contributed by atoms with Gasteiger partial charge in [-0.05, 0) is 57.3 Å². The number of urea groups is 1. The molecule has 0 spiro atoms. The smallest absolute Gasteiger partial charge is 0.326 e. The lowest BCUT2D eigenvalue weighted by Crippen LogP contribution is -2.42. The van der Waals surface area contributed by atoms with Crippen molar-refractivity contribution in [3.8, 4) is 11.3 Å². The Morgan fingerprint density at radius 1 is 1.24 bits per heavy atom. The minimum Gasteiger partial charge on any atom is -0.367 e. The van der Waals surface area contributed by atoms with Gasteiger partial charge in [0.05, 0.1) is 16.8 Å². The van der Waals surface area contributed by atoms with Crippen molar-refractivity contribution in [2.24, 2.45) is 0 Å². The zero-order valence-corrected chi connectivity index (χ0v) is 21.9. The maximum Gasteiger partial charge on any atom is 0.326 e. The lowest BCUT2D eigenvalue weighted by atomic mass is 10.2. The number of nitrogens with zero attached hydrogens (tertiary/aromatic N) is 4. The average Bonchev–Trinajstić information content (AvgIpc) is 3.32. The van der Waals surface area contributed by atoms with Gasteiger partial charge in [0.1, 0.15) is 11.5 Å². The SMILES string of the molecule is CCC(CN1CCCC1)NC(=O)c1cc(-c2cc(NC3CC3)n3ncc(/C=C4\NC(=O)NC4=O)c3n2)cs1. The molecule has 3 aliphatic rings. The molecule has 12 heteroatoms. The highest BCUT2D eigenvalue weighted by molar-refractivity contribution is 7.12. The molecular formula is C26H30N8O3S. The van der Waals surface area contributed by atoms with Gasteiger partial charge in [-0.3, -0.25) is 14.9 Å². The van der Waals surface area contributed by atoms with E-state index in [1.165, 1.54) is 24.2 Å². The topological polar surface area (TPSA) is 133 Å². The molecule has 3 aromatic rings. The summed E-state index contributed by atoms with van der Waals surface area (Å²) in [6.45, 7) is 5.19. The van der Waals surface area contributed by atoms with Crippen LogP contribution in [0.25, 0.3) is 23.0 Å². The Hall–Kier alpha value is -3.77. The maximum absolute atomic E-state index is 13.1. The number of nitrogens with one attached hydrogen (secondary N) is 4. The highest BCUT2D eigenvalue weighted by Gasteiger charge is 2.26. The summed E-state index contributed by atoms with van der Waals surface area (Å²) in [4.78, 5) is 44.6. The second kappa shape index (κ2) is 10.2. The molecule has 1 unspecified atom stereocenters. The van der Waals surface area contributed by atoms with E-state index in [0.29, 0.717) is 27.8 Å². The van der Waals surface area contributed by atoms with Gasteiger partial charge in [-0.15, -0.1) is 11.3 Å². The average molecular weight is 535 g/mol. The summed E-state index contributed by atoms with van der Waals surface area (Å²) < 4.78 is 1.70. The van der Waals surface area contributed by atoms with Crippen LogP contribution in [-0.2, 0) is 4.79 Å². The van der Waals surface area contributed by atoms with Crippen molar-refractivity contribution >= 4 is 46.7 Å². The molecule has 3 fully saturated rings. The van der Waals surface area contributed by atoms with E-state index in [9.17, 15) is 14.4 Å². The number of anilines is 1. The number of carbonyl (C=O) groups is 3. The number of fused-ring (bicyclic) bond motifs is 1. The first-order valence-corrected chi connectivity index (χ1v) is 14.0. The molecule has 5 heterocycles. The van der Waals surface area contributed by atoms with Gasteiger partial charge in [-0.2, -0.15) is 9.61 Å². The number of hydrogen-bond donors (Lipinski definition) is 4. The summed E-state index contributed by atoms with van der Waals surface area (Å²) >= 11 is 1.40. The number of amides is 4. The fourth-order valence-electron chi connectivity index (χ4n) is 4.81. The van der Waals surface area contributed by atoms with Crippen LogP contribution in [0.3, 0.4) is 0 Å². The van der Waals surface area contributed by atoms with Crippen molar-refractivity contribution in [2.45, 2.75) is 51.1 Å². The Kier molecular flexibility index (Phi) is 6.58. The lowest BCUT2D eigenvalue weighted by molar-refractivity contribution is -0.115. The number of imide groups is 1. The van der Waals surface area contributed by atoms with Crippen molar-refractivity contribution in [1.29, 1.82) is 0 Å². The molecule has 1 saturated carbocycles. The molecule has 0 aromatic carbocycles. The van der Waals surface area contributed by atoms with E-state index in [4.69, 9.17) is 4.98 Å². The van der Waals surface area contributed by atoms with E-state index in [2.05, 4.69) is 38.2 Å². The van der Waals surface area contributed by atoms with E-state index >= 15 is 0 Å². The molecule has 2 aliphatic heterocycles. The van der Waals surface area contributed by atoms with Crippen LogP contribution in [0.15, 0.2) is 29.4 Å². The molecule has 1 atom stereocenters. The second-order valence-corrected chi connectivity index (χ2v) is 10.9. The van der Waals surface area contributed by atoms with Crippen LogP contribution in [-0.4, -0.2) is 69.1 Å². The van der Waals surface area contributed by atoms with Crippen LogP contribution in [0, 0.1) is 0 Å². The first-order valence-electron chi connectivity index (χ1n) is 13.1. The Morgan fingerprint density at radius 2 is 2.05 bits per heavy atom. The van der Waals surface area contributed by atoms with E-state index in [1.807, 2.05) is 17.5 Å². The van der Waals surface area contributed by atoms with Crippen molar-refractivity contribution in [2.75, 3.05) is 25.0 Å². The van der Waals surface area contributed by atoms with E-state index in [-0.39, 0.29) is 17.6 Å². The Balaban J connectivity index is 1.28. The van der Waals surface area contributed by atoms with Crippen LogP contribution in [0.5, 0.6) is 0 Å². The maximum atomic E-state index is 13.1. The molecule has 3 aromatic heterocycles. The summed E-state index contributed by atoms with van der Waals surface area (Å²) in [6, 6.07) is 3.75. The zero-order chi connectivity index (χ0) is 26.2. The first kappa shape index (κ1) is 24.6. The van der Waals surface area contributed by atoms with E-state index in [1.54, 1.807) is 16.8 Å². The van der Waals surface area contributed by atoms with Gasteiger partial charge < -0.3 is 20.9 Å². The number of hydrogen-bond acceptors (Lipinski definition) is 8. The first-order chi connectivity index (χ1) is 18.5. The van der Waals surface area contributed by atoms with Crippen molar-refractivity contribution in [3.63, 3.8) is 0 Å². The third-order valence-corrected chi connectivity index (χ3v) is 8.00. The lowest BCUT2D eigenvalue weighted by Gasteiger charge is -2.23.